The molecule has 2 aromatic heterocycles. The van der Waals surface area contributed by atoms with Gasteiger partial charge in [-0.1, -0.05) is 17.8 Å². The second-order valence-corrected chi connectivity index (χ2v) is 8.25. The van der Waals surface area contributed by atoms with E-state index in [0.29, 0.717) is 37.0 Å². The molecule has 0 saturated carbocycles. The molecule has 0 bridgehead atoms. The molecule has 0 spiro atoms. The van der Waals surface area contributed by atoms with Gasteiger partial charge in [0.1, 0.15) is 12.0 Å². The highest BCUT2D eigenvalue weighted by molar-refractivity contribution is 7.99. The van der Waals surface area contributed by atoms with Crippen molar-refractivity contribution in [3.8, 4) is 5.69 Å². The summed E-state index contributed by atoms with van der Waals surface area (Å²) >= 11 is 1.36. The van der Waals surface area contributed by atoms with Gasteiger partial charge < -0.3 is 9.80 Å². The number of carbonyl (C=O) groups is 2. The van der Waals surface area contributed by atoms with Gasteiger partial charge in [0.15, 0.2) is 5.16 Å². The van der Waals surface area contributed by atoms with E-state index in [1.165, 1.54) is 41.5 Å². The maximum Gasteiger partial charge on any atom is 0.274 e. The highest BCUT2D eigenvalue weighted by atomic mass is 32.2. The summed E-state index contributed by atoms with van der Waals surface area (Å²) in [6, 6.07) is 6.16. The summed E-state index contributed by atoms with van der Waals surface area (Å²) in [5.41, 5.74) is 3.70. The number of amides is 2. The van der Waals surface area contributed by atoms with Gasteiger partial charge in [-0.15, -0.1) is 10.2 Å². The second-order valence-electron chi connectivity index (χ2n) is 7.30. The number of benzene rings is 1. The minimum Gasteiger partial charge on any atom is -0.338 e. The number of carbonyl (C=O) groups excluding carboxylic acids is 2. The van der Waals surface area contributed by atoms with Crippen molar-refractivity contribution in [3.05, 3.63) is 59.9 Å². The van der Waals surface area contributed by atoms with E-state index in [-0.39, 0.29) is 17.6 Å². The first-order chi connectivity index (χ1) is 15.0. The van der Waals surface area contributed by atoms with Crippen LogP contribution in [0.2, 0.25) is 0 Å². The van der Waals surface area contributed by atoms with Crippen LogP contribution in [0.3, 0.4) is 0 Å². The number of rotatable bonds is 5. The lowest BCUT2D eigenvalue weighted by atomic mass is 10.1. The molecule has 1 aliphatic rings. The van der Waals surface area contributed by atoms with Crippen LogP contribution >= 0.6 is 11.8 Å². The highest BCUT2D eigenvalue weighted by Crippen LogP contribution is 2.22. The zero-order valence-corrected chi connectivity index (χ0v) is 18.2. The molecule has 0 radical (unpaired) electrons. The number of nitrogens with zero attached hydrogens (tertiary/aromatic N) is 7. The first-order valence-electron chi connectivity index (χ1n) is 9.96. The average Bonchev–Trinajstić information content (AvgIpc) is 3.28. The lowest BCUT2D eigenvalue weighted by molar-refractivity contribution is -0.129. The van der Waals surface area contributed by atoms with Crippen LogP contribution < -0.4 is 0 Å². The van der Waals surface area contributed by atoms with Crippen LogP contribution in [0.1, 0.15) is 21.6 Å². The van der Waals surface area contributed by atoms with Crippen molar-refractivity contribution in [2.24, 2.45) is 0 Å². The summed E-state index contributed by atoms with van der Waals surface area (Å²) in [6.45, 7) is 6.08. The SMILES string of the molecule is Cc1ccc(-n2cnnc2SCC(=O)N2CCN(C(=O)c3cnccn3)CC2)cc1C. The third-order valence-electron chi connectivity index (χ3n) is 5.31. The lowest BCUT2D eigenvalue weighted by Crippen LogP contribution is -2.51. The van der Waals surface area contributed by atoms with Gasteiger partial charge in [-0.3, -0.25) is 19.1 Å². The molecule has 31 heavy (non-hydrogen) atoms. The number of aryl methyl sites for hydroxylation is 2. The maximum absolute atomic E-state index is 12.7. The highest BCUT2D eigenvalue weighted by Gasteiger charge is 2.25. The Bertz CT molecular complexity index is 1080. The molecule has 4 rings (SSSR count). The summed E-state index contributed by atoms with van der Waals surface area (Å²) in [7, 11) is 0. The molecule has 0 aliphatic carbocycles. The van der Waals surface area contributed by atoms with Gasteiger partial charge in [-0.2, -0.15) is 0 Å². The largest absolute Gasteiger partial charge is 0.338 e. The number of piperazine rings is 1. The summed E-state index contributed by atoms with van der Waals surface area (Å²) in [4.78, 5) is 36.7. The maximum atomic E-state index is 12.7. The standard InChI is InChI=1S/C21H23N7O2S/c1-15-3-4-17(11-16(15)2)28-14-24-25-21(28)31-13-19(29)26-7-9-27(10-8-26)20(30)18-12-22-5-6-23-18/h3-6,11-12,14H,7-10,13H2,1-2H3. The van der Waals surface area contributed by atoms with E-state index < -0.39 is 0 Å². The molecule has 0 N–H and O–H groups in total. The molecule has 1 aromatic carbocycles. The van der Waals surface area contributed by atoms with Crippen LogP contribution in [-0.4, -0.2) is 78.3 Å². The summed E-state index contributed by atoms with van der Waals surface area (Å²) in [6.07, 6.45) is 6.16. The van der Waals surface area contributed by atoms with Crippen LogP contribution in [0, 0.1) is 13.8 Å². The summed E-state index contributed by atoms with van der Waals surface area (Å²) in [5, 5.41) is 8.86. The van der Waals surface area contributed by atoms with Gasteiger partial charge in [-0.05, 0) is 37.1 Å². The molecule has 2 amide bonds. The fourth-order valence-corrected chi connectivity index (χ4v) is 4.16. The Labute approximate surface area is 184 Å². The molecular formula is C21H23N7O2S. The second kappa shape index (κ2) is 9.25. The quantitative estimate of drug-likeness (QED) is 0.561. The minimum absolute atomic E-state index is 0.0197. The van der Waals surface area contributed by atoms with Crippen molar-refractivity contribution in [1.82, 2.24) is 34.5 Å². The van der Waals surface area contributed by atoms with Crippen LogP contribution in [0.5, 0.6) is 0 Å². The average molecular weight is 438 g/mol. The Morgan fingerprint density at radius 3 is 2.52 bits per heavy atom. The normalized spacial score (nSPS) is 14.0. The van der Waals surface area contributed by atoms with Gasteiger partial charge >= 0.3 is 0 Å². The molecule has 1 saturated heterocycles. The molecule has 0 unspecified atom stereocenters. The summed E-state index contributed by atoms with van der Waals surface area (Å²) in [5.74, 6) is 0.129. The van der Waals surface area contributed by atoms with Gasteiger partial charge in [-0.25, -0.2) is 4.98 Å². The Hall–Kier alpha value is -3.27. The Kier molecular flexibility index (Phi) is 6.26. The number of thioether (sulfide) groups is 1. The fourth-order valence-electron chi connectivity index (χ4n) is 3.32. The van der Waals surface area contributed by atoms with Crippen molar-refractivity contribution in [1.29, 1.82) is 0 Å². The smallest absolute Gasteiger partial charge is 0.274 e. The van der Waals surface area contributed by atoms with Crippen LogP contribution in [0.15, 0.2) is 48.3 Å². The van der Waals surface area contributed by atoms with Crippen LogP contribution in [0.4, 0.5) is 0 Å². The Balaban J connectivity index is 1.32. The monoisotopic (exact) mass is 437 g/mol. The van der Waals surface area contributed by atoms with Crippen molar-refractivity contribution in [3.63, 3.8) is 0 Å². The minimum atomic E-state index is -0.156. The van der Waals surface area contributed by atoms with E-state index >= 15 is 0 Å². The van der Waals surface area contributed by atoms with E-state index in [0.717, 1.165) is 5.69 Å². The molecule has 10 heteroatoms. The molecule has 1 fully saturated rings. The van der Waals surface area contributed by atoms with Crippen molar-refractivity contribution in [2.75, 3.05) is 31.9 Å². The van der Waals surface area contributed by atoms with E-state index in [1.54, 1.807) is 16.1 Å². The zero-order valence-electron chi connectivity index (χ0n) is 17.4. The third kappa shape index (κ3) is 4.74. The van der Waals surface area contributed by atoms with Crippen LogP contribution in [0.25, 0.3) is 5.69 Å². The van der Waals surface area contributed by atoms with E-state index in [1.807, 2.05) is 10.6 Å². The van der Waals surface area contributed by atoms with E-state index in [4.69, 9.17) is 0 Å². The fraction of sp³-hybridized carbons (Fsp3) is 0.333. The van der Waals surface area contributed by atoms with Crippen LogP contribution in [-0.2, 0) is 4.79 Å². The first-order valence-corrected chi connectivity index (χ1v) is 10.9. The van der Waals surface area contributed by atoms with Crippen molar-refractivity contribution >= 4 is 23.6 Å². The van der Waals surface area contributed by atoms with Crippen molar-refractivity contribution in [2.45, 2.75) is 19.0 Å². The molecule has 160 valence electrons. The summed E-state index contributed by atoms with van der Waals surface area (Å²) < 4.78 is 1.89. The van der Waals surface area contributed by atoms with Gasteiger partial charge in [0.05, 0.1) is 11.9 Å². The molecule has 1 aliphatic heterocycles. The topological polar surface area (TPSA) is 97.1 Å². The predicted octanol–water partition coefficient (Wildman–Crippen LogP) is 1.75. The van der Waals surface area contributed by atoms with E-state index in [9.17, 15) is 9.59 Å². The van der Waals surface area contributed by atoms with Crippen molar-refractivity contribution < 1.29 is 9.59 Å². The van der Waals surface area contributed by atoms with Gasteiger partial charge in [0, 0.05) is 44.3 Å². The van der Waals surface area contributed by atoms with E-state index in [2.05, 4.69) is 46.1 Å². The zero-order chi connectivity index (χ0) is 21.8. The molecule has 9 nitrogen and oxygen atoms in total. The first kappa shape index (κ1) is 21.0. The molecule has 3 aromatic rings. The molecule has 3 heterocycles. The molecule has 0 atom stereocenters. The van der Waals surface area contributed by atoms with Gasteiger partial charge in [0.2, 0.25) is 5.91 Å². The van der Waals surface area contributed by atoms with Gasteiger partial charge in [0.25, 0.3) is 5.91 Å². The molecular weight excluding hydrogens is 414 g/mol. The number of hydrogen-bond donors (Lipinski definition) is 0. The Morgan fingerprint density at radius 1 is 1.03 bits per heavy atom. The number of hydrogen-bond acceptors (Lipinski definition) is 7. The Morgan fingerprint density at radius 2 is 1.81 bits per heavy atom. The predicted molar refractivity (Wildman–Crippen MR) is 116 cm³/mol. The lowest BCUT2D eigenvalue weighted by Gasteiger charge is -2.34. The third-order valence-corrected chi connectivity index (χ3v) is 6.24. The number of aromatic nitrogens is 5.